The molecule has 208 valence electrons. The van der Waals surface area contributed by atoms with Crippen molar-refractivity contribution in [2.24, 2.45) is 0 Å². The first kappa shape index (κ1) is 28.3. The summed E-state index contributed by atoms with van der Waals surface area (Å²) in [6, 6.07) is 7.89. The number of carbonyl (C=O) groups excluding carboxylic acids is 1. The van der Waals surface area contributed by atoms with Crippen LogP contribution >= 0.6 is 0 Å². The number of aromatic nitrogens is 2. The van der Waals surface area contributed by atoms with Crippen LogP contribution in [-0.2, 0) is 17.5 Å². The van der Waals surface area contributed by atoms with Gasteiger partial charge in [0.15, 0.2) is 0 Å². The van der Waals surface area contributed by atoms with Crippen molar-refractivity contribution < 1.29 is 27.1 Å². The number of likely N-dealkylation sites (tertiary alicyclic amines) is 1. The van der Waals surface area contributed by atoms with Crippen molar-refractivity contribution in [3.63, 3.8) is 0 Å². The third-order valence-corrected chi connectivity index (χ3v) is 6.36. The smallest absolute Gasteiger partial charge is 0.416 e. The number of hydrogen-bond donors (Lipinski definition) is 2. The van der Waals surface area contributed by atoms with E-state index in [1.54, 1.807) is 26.8 Å². The summed E-state index contributed by atoms with van der Waals surface area (Å²) in [5.74, 6) is -0.374. The van der Waals surface area contributed by atoms with E-state index < -0.39 is 29.3 Å². The first-order valence-corrected chi connectivity index (χ1v) is 12.6. The minimum Gasteiger partial charge on any atom is -0.444 e. The van der Waals surface area contributed by atoms with Crippen molar-refractivity contribution in [1.82, 2.24) is 20.2 Å². The molecule has 0 saturated carbocycles. The van der Waals surface area contributed by atoms with Crippen LogP contribution in [0.1, 0.15) is 44.7 Å². The quantitative estimate of drug-likeness (QED) is 0.380. The molecule has 3 aromatic rings. The van der Waals surface area contributed by atoms with E-state index in [2.05, 4.69) is 15.3 Å². The number of alkyl carbamates (subject to hydrolysis) is 1. The van der Waals surface area contributed by atoms with E-state index in [1.165, 1.54) is 30.6 Å². The number of amides is 1. The van der Waals surface area contributed by atoms with Crippen LogP contribution in [-0.4, -0.2) is 45.7 Å². The van der Waals surface area contributed by atoms with Gasteiger partial charge in [0.25, 0.3) is 0 Å². The number of anilines is 1. The fourth-order valence-corrected chi connectivity index (χ4v) is 4.50. The van der Waals surface area contributed by atoms with Crippen LogP contribution in [0.15, 0.2) is 48.8 Å². The van der Waals surface area contributed by atoms with Gasteiger partial charge in [0.05, 0.1) is 23.7 Å². The second kappa shape index (κ2) is 11.2. The normalized spacial score (nSPS) is 15.3. The molecule has 39 heavy (non-hydrogen) atoms. The first-order chi connectivity index (χ1) is 18.3. The molecule has 0 radical (unpaired) electrons. The van der Waals surface area contributed by atoms with Gasteiger partial charge in [-0.05, 0) is 74.6 Å². The first-order valence-electron chi connectivity index (χ1n) is 12.6. The Bertz CT molecular complexity index is 1320. The molecule has 2 aromatic carbocycles. The third-order valence-electron chi connectivity index (χ3n) is 6.36. The number of nitrogens with one attached hydrogen (secondary N) is 1. The predicted octanol–water partition coefficient (Wildman–Crippen LogP) is 6.04. The lowest BCUT2D eigenvalue weighted by Gasteiger charge is -2.33. The third kappa shape index (κ3) is 7.44. The fourth-order valence-electron chi connectivity index (χ4n) is 4.50. The molecular formula is C28H31F4N5O2. The molecule has 1 aliphatic heterocycles. The Hall–Kier alpha value is -3.73. The van der Waals surface area contributed by atoms with E-state index in [1.807, 2.05) is 4.90 Å². The maximum atomic E-state index is 15.1. The molecule has 1 amide bonds. The van der Waals surface area contributed by atoms with Crippen LogP contribution in [0.5, 0.6) is 0 Å². The number of halogens is 4. The van der Waals surface area contributed by atoms with E-state index in [9.17, 15) is 18.0 Å². The lowest BCUT2D eigenvalue weighted by Crippen LogP contribution is -2.45. The molecule has 0 unspecified atom stereocenters. The van der Waals surface area contributed by atoms with E-state index in [4.69, 9.17) is 10.5 Å². The zero-order valence-electron chi connectivity index (χ0n) is 22.0. The Kier molecular flexibility index (Phi) is 8.10. The summed E-state index contributed by atoms with van der Waals surface area (Å²) in [5.41, 5.74) is 6.07. The van der Waals surface area contributed by atoms with Crippen LogP contribution in [0.2, 0.25) is 0 Å². The van der Waals surface area contributed by atoms with E-state index in [-0.39, 0.29) is 24.0 Å². The van der Waals surface area contributed by atoms with Crippen molar-refractivity contribution in [1.29, 1.82) is 0 Å². The number of nitrogens with two attached hydrogens (primary N) is 1. The Morgan fingerprint density at radius 2 is 1.74 bits per heavy atom. The van der Waals surface area contributed by atoms with Crippen LogP contribution in [0.25, 0.3) is 22.4 Å². The number of hydrogen-bond acceptors (Lipinski definition) is 6. The fraction of sp³-hybridized carbons (Fsp3) is 0.393. The molecule has 1 saturated heterocycles. The zero-order chi connectivity index (χ0) is 28.4. The average molecular weight is 546 g/mol. The van der Waals surface area contributed by atoms with Gasteiger partial charge in [-0.1, -0.05) is 12.1 Å². The van der Waals surface area contributed by atoms with Crippen molar-refractivity contribution in [3.05, 3.63) is 65.7 Å². The largest absolute Gasteiger partial charge is 0.444 e. The van der Waals surface area contributed by atoms with E-state index in [0.29, 0.717) is 48.3 Å². The molecule has 2 heterocycles. The Balaban J connectivity index is 1.53. The van der Waals surface area contributed by atoms with Gasteiger partial charge in [-0.3, -0.25) is 9.88 Å². The van der Waals surface area contributed by atoms with Crippen molar-refractivity contribution in [2.45, 2.75) is 58.0 Å². The Morgan fingerprint density at radius 1 is 1.05 bits per heavy atom. The lowest BCUT2D eigenvalue weighted by atomic mass is 9.94. The molecule has 0 spiro atoms. The molecule has 0 aliphatic carbocycles. The minimum absolute atomic E-state index is 0.0878. The minimum atomic E-state index is -4.51. The molecule has 1 aliphatic rings. The molecule has 4 rings (SSSR count). The summed E-state index contributed by atoms with van der Waals surface area (Å²) < 4.78 is 61.1. The maximum Gasteiger partial charge on any atom is 0.416 e. The van der Waals surface area contributed by atoms with Crippen LogP contribution < -0.4 is 11.1 Å². The van der Waals surface area contributed by atoms with Gasteiger partial charge >= 0.3 is 12.3 Å². The highest BCUT2D eigenvalue weighted by Crippen LogP contribution is 2.35. The summed E-state index contributed by atoms with van der Waals surface area (Å²) in [6.45, 7) is 6.73. The lowest BCUT2D eigenvalue weighted by molar-refractivity contribution is -0.137. The number of carbonyl (C=O) groups is 1. The second-order valence-electron chi connectivity index (χ2n) is 10.6. The molecular weight excluding hydrogens is 514 g/mol. The highest BCUT2D eigenvalue weighted by Gasteiger charge is 2.32. The molecule has 7 nitrogen and oxygen atoms in total. The molecule has 3 N–H and O–H groups in total. The molecule has 11 heteroatoms. The van der Waals surface area contributed by atoms with Crippen molar-refractivity contribution in [2.75, 3.05) is 18.8 Å². The summed E-state index contributed by atoms with van der Waals surface area (Å²) in [4.78, 5) is 22.1. The average Bonchev–Trinajstić information content (AvgIpc) is 2.84. The van der Waals surface area contributed by atoms with Crippen LogP contribution in [0.4, 0.5) is 28.2 Å². The van der Waals surface area contributed by atoms with Crippen LogP contribution in [0, 0.1) is 5.82 Å². The van der Waals surface area contributed by atoms with Gasteiger partial charge in [0, 0.05) is 31.2 Å². The molecule has 1 fully saturated rings. The number of rotatable bonds is 5. The standard InChI is InChI=1S/C28H31F4N5O2/c1-27(2,3)39-26(38)36-20-8-10-37(11-9-20)16-18-12-19(28(30,31)32)5-7-21(18)17-4-6-22(23(29)13-17)24-14-35-25(33)15-34-24/h4-7,12-15,20H,8-11,16H2,1-3H3,(H2,33,35)(H,36,38). The zero-order valence-corrected chi connectivity index (χ0v) is 22.0. The number of piperidine rings is 1. The molecule has 0 bridgehead atoms. The second-order valence-corrected chi connectivity index (χ2v) is 10.6. The van der Waals surface area contributed by atoms with Gasteiger partial charge in [-0.15, -0.1) is 0 Å². The van der Waals surface area contributed by atoms with E-state index >= 15 is 4.39 Å². The molecule has 1 aromatic heterocycles. The summed E-state index contributed by atoms with van der Waals surface area (Å²) in [5, 5.41) is 2.86. The summed E-state index contributed by atoms with van der Waals surface area (Å²) in [6.07, 6.45) is -1.07. The monoisotopic (exact) mass is 545 g/mol. The number of alkyl halides is 3. The SMILES string of the molecule is CC(C)(C)OC(=O)NC1CCN(Cc2cc(C(F)(F)F)ccc2-c2ccc(-c3cnc(N)cn3)c(F)c2)CC1. The van der Waals surface area contributed by atoms with Gasteiger partial charge in [-0.25, -0.2) is 14.2 Å². The Labute approximate surface area is 224 Å². The van der Waals surface area contributed by atoms with Crippen molar-refractivity contribution in [3.8, 4) is 22.4 Å². The number of benzene rings is 2. The maximum absolute atomic E-state index is 15.1. The Morgan fingerprint density at radius 3 is 2.33 bits per heavy atom. The number of ether oxygens (including phenoxy) is 1. The van der Waals surface area contributed by atoms with Crippen LogP contribution in [0.3, 0.4) is 0 Å². The highest BCUT2D eigenvalue weighted by molar-refractivity contribution is 5.72. The number of nitrogens with zero attached hydrogens (tertiary/aromatic N) is 3. The number of nitrogen functional groups attached to an aromatic ring is 1. The molecule has 0 atom stereocenters. The summed E-state index contributed by atoms with van der Waals surface area (Å²) >= 11 is 0. The summed E-state index contributed by atoms with van der Waals surface area (Å²) in [7, 11) is 0. The van der Waals surface area contributed by atoms with Crippen molar-refractivity contribution >= 4 is 11.9 Å². The van der Waals surface area contributed by atoms with Gasteiger partial charge in [0.2, 0.25) is 0 Å². The van der Waals surface area contributed by atoms with E-state index in [0.717, 1.165) is 12.1 Å². The van der Waals surface area contributed by atoms with Gasteiger partial charge < -0.3 is 15.8 Å². The predicted molar refractivity (Wildman–Crippen MR) is 140 cm³/mol. The topological polar surface area (TPSA) is 93.4 Å². The van der Waals surface area contributed by atoms with Gasteiger partial charge in [0.1, 0.15) is 17.2 Å². The highest BCUT2D eigenvalue weighted by atomic mass is 19.4. The van der Waals surface area contributed by atoms with Gasteiger partial charge in [-0.2, -0.15) is 13.2 Å².